The van der Waals surface area contributed by atoms with Gasteiger partial charge in [-0.2, -0.15) is 4.98 Å². The van der Waals surface area contributed by atoms with Gasteiger partial charge in [0.25, 0.3) is 5.56 Å². The van der Waals surface area contributed by atoms with E-state index in [9.17, 15) is 4.79 Å². The van der Waals surface area contributed by atoms with Crippen molar-refractivity contribution in [1.82, 2.24) is 19.7 Å². The third kappa shape index (κ3) is 3.55. The first-order chi connectivity index (χ1) is 14.7. The zero-order valence-corrected chi connectivity index (χ0v) is 17.5. The molecule has 0 atom stereocenters. The summed E-state index contributed by atoms with van der Waals surface area (Å²) in [7, 11) is 1.60. The lowest BCUT2D eigenvalue weighted by Crippen LogP contribution is -2.24. The molecule has 0 saturated heterocycles. The Labute approximate surface area is 178 Å². The third-order valence-corrected chi connectivity index (χ3v) is 6.33. The van der Waals surface area contributed by atoms with Gasteiger partial charge in [0, 0.05) is 12.7 Å². The van der Waals surface area contributed by atoms with Gasteiger partial charge in [0.2, 0.25) is 18.5 Å². The highest BCUT2D eigenvalue weighted by Crippen LogP contribution is 2.35. The molecule has 0 unspecified atom stereocenters. The maximum absolute atomic E-state index is 12.8. The largest absolute Gasteiger partial charge is 0.454 e. The number of aromatic nitrogens is 4. The lowest BCUT2D eigenvalue weighted by atomic mass is 10.2. The lowest BCUT2D eigenvalue weighted by molar-refractivity contribution is 0.174. The second-order valence-corrected chi connectivity index (χ2v) is 8.21. The molecule has 4 heterocycles. The van der Waals surface area contributed by atoms with Crippen LogP contribution in [0.2, 0.25) is 0 Å². The van der Waals surface area contributed by atoms with Crippen LogP contribution < -0.4 is 15.0 Å². The van der Waals surface area contributed by atoms with Crippen LogP contribution in [0.15, 0.2) is 44.1 Å². The van der Waals surface area contributed by atoms with Crippen molar-refractivity contribution < 1.29 is 18.7 Å². The Bertz CT molecular complexity index is 1270. The van der Waals surface area contributed by atoms with Gasteiger partial charge >= 0.3 is 0 Å². The first-order valence-corrected chi connectivity index (χ1v) is 10.9. The number of thioether (sulfide) groups is 1. The molecule has 1 aliphatic heterocycles. The Hall–Kier alpha value is -2.89. The summed E-state index contributed by atoms with van der Waals surface area (Å²) in [6.45, 7) is 1.05. The molecule has 9 nitrogen and oxygen atoms in total. The molecule has 1 aliphatic rings. The van der Waals surface area contributed by atoms with E-state index in [1.165, 1.54) is 23.1 Å². The van der Waals surface area contributed by atoms with E-state index >= 15 is 0 Å². The van der Waals surface area contributed by atoms with Crippen LogP contribution >= 0.6 is 23.1 Å². The molecular weight excluding hydrogens is 428 g/mol. The lowest BCUT2D eigenvalue weighted by Gasteiger charge is -2.10. The molecule has 30 heavy (non-hydrogen) atoms. The van der Waals surface area contributed by atoms with Crippen LogP contribution in [-0.2, 0) is 17.0 Å². The van der Waals surface area contributed by atoms with Crippen LogP contribution in [0.5, 0.6) is 11.5 Å². The molecule has 0 aliphatic carbocycles. The number of nitrogens with zero attached hydrogens (tertiary/aromatic N) is 4. The van der Waals surface area contributed by atoms with Gasteiger partial charge in [0.1, 0.15) is 4.70 Å². The number of methoxy groups -OCH3 is 1. The van der Waals surface area contributed by atoms with E-state index < -0.39 is 0 Å². The summed E-state index contributed by atoms with van der Waals surface area (Å²) in [5.41, 5.74) is 1.39. The topological polar surface area (TPSA) is 102 Å². The fraction of sp³-hybridized carbons (Fsp3) is 0.263. The number of benzene rings is 1. The number of ether oxygens (including phenoxy) is 3. The van der Waals surface area contributed by atoms with Crippen molar-refractivity contribution in [3.05, 3.63) is 45.9 Å². The van der Waals surface area contributed by atoms with Crippen LogP contribution in [0.4, 0.5) is 0 Å². The summed E-state index contributed by atoms with van der Waals surface area (Å²) >= 11 is 2.76. The minimum atomic E-state index is -0.0684. The van der Waals surface area contributed by atoms with Crippen LogP contribution in [0, 0.1) is 0 Å². The summed E-state index contributed by atoms with van der Waals surface area (Å²) in [4.78, 5) is 21.9. The van der Waals surface area contributed by atoms with Gasteiger partial charge < -0.3 is 18.7 Å². The number of hydrogen-bond donors (Lipinski definition) is 0. The van der Waals surface area contributed by atoms with Crippen molar-refractivity contribution >= 4 is 33.3 Å². The quantitative estimate of drug-likeness (QED) is 0.314. The van der Waals surface area contributed by atoms with Crippen LogP contribution in [0.3, 0.4) is 0 Å². The Morgan fingerprint density at radius 3 is 3.03 bits per heavy atom. The summed E-state index contributed by atoms with van der Waals surface area (Å²) < 4.78 is 23.5. The summed E-state index contributed by atoms with van der Waals surface area (Å²) in [6.07, 6.45) is 0. The molecule has 0 saturated carbocycles. The van der Waals surface area contributed by atoms with Crippen molar-refractivity contribution in [3.8, 4) is 22.9 Å². The average molecular weight is 444 g/mol. The van der Waals surface area contributed by atoms with E-state index in [4.69, 9.17) is 18.7 Å². The monoisotopic (exact) mass is 444 g/mol. The summed E-state index contributed by atoms with van der Waals surface area (Å²) in [6, 6.07) is 7.33. The molecule has 0 amide bonds. The zero-order chi connectivity index (χ0) is 20.5. The van der Waals surface area contributed by atoms with E-state index in [-0.39, 0.29) is 12.4 Å². The van der Waals surface area contributed by atoms with Gasteiger partial charge in [-0.1, -0.05) is 16.9 Å². The Kier molecular flexibility index (Phi) is 5.15. The highest BCUT2D eigenvalue weighted by Gasteiger charge is 2.18. The van der Waals surface area contributed by atoms with Crippen LogP contribution in [0.1, 0.15) is 5.89 Å². The van der Waals surface area contributed by atoms with Crippen molar-refractivity contribution in [1.29, 1.82) is 0 Å². The van der Waals surface area contributed by atoms with E-state index in [0.29, 0.717) is 57.5 Å². The van der Waals surface area contributed by atoms with E-state index in [0.717, 1.165) is 5.56 Å². The zero-order valence-electron chi connectivity index (χ0n) is 15.9. The molecule has 0 fully saturated rings. The van der Waals surface area contributed by atoms with Gasteiger partial charge in [0.15, 0.2) is 16.7 Å². The smallest absolute Gasteiger partial charge is 0.272 e. The van der Waals surface area contributed by atoms with Gasteiger partial charge in [-0.25, -0.2) is 4.98 Å². The second kappa shape index (κ2) is 8.09. The average Bonchev–Trinajstić information content (AvgIpc) is 3.51. The van der Waals surface area contributed by atoms with Gasteiger partial charge in [-0.15, -0.1) is 11.3 Å². The first-order valence-electron chi connectivity index (χ1n) is 9.05. The van der Waals surface area contributed by atoms with Crippen LogP contribution in [0.25, 0.3) is 21.6 Å². The Balaban J connectivity index is 1.38. The van der Waals surface area contributed by atoms with E-state index in [1.807, 2.05) is 29.6 Å². The second-order valence-electron chi connectivity index (χ2n) is 6.35. The molecule has 3 aromatic heterocycles. The molecule has 154 valence electrons. The Morgan fingerprint density at radius 2 is 2.13 bits per heavy atom. The standard InChI is InChI=1S/C19H16N4O5S2/c1-25-6-5-23-18(24)16-12(4-7-29-16)20-19(23)30-9-15-21-17(22-28-15)11-2-3-13-14(8-11)27-10-26-13/h2-4,7-8H,5-6,9-10H2,1H3. The molecule has 0 N–H and O–H groups in total. The number of hydrogen-bond acceptors (Lipinski definition) is 10. The van der Waals surface area contributed by atoms with Crippen molar-refractivity contribution in [3.63, 3.8) is 0 Å². The minimum absolute atomic E-state index is 0.0684. The van der Waals surface area contributed by atoms with E-state index in [2.05, 4.69) is 15.1 Å². The molecule has 0 radical (unpaired) electrons. The maximum Gasteiger partial charge on any atom is 0.272 e. The predicted molar refractivity (Wildman–Crippen MR) is 111 cm³/mol. The fourth-order valence-corrected chi connectivity index (χ4v) is 4.65. The normalized spacial score (nSPS) is 12.7. The maximum atomic E-state index is 12.8. The summed E-state index contributed by atoms with van der Waals surface area (Å²) in [5.74, 6) is 2.63. The number of rotatable bonds is 7. The van der Waals surface area contributed by atoms with Crippen molar-refractivity contribution in [2.45, 2.75) is 17.5 Å². The molecule has 1 aromatic carbocycles. The van der Waals surface area contributed by atoms with Gasteiger partial charge in [0.05, 0.1) is 24.4 Å². The minimum Gasteiger partial charge on any atom is -0.454 e. The van der Waals surface area contributed by atoms with E-state index in [1.54, 1.807) is 11.7 Å². The predicted octanol–water partition coefficient (Wildman–Crippen LogP) is 3.18. The molecule has 5 rings (SSSR count). The fourth-order valence-electron chi connectivity index (χ4n) is 3.01. The van der Waals surface area contributed by atoms with Crippen molar-refractivity contribution in [2.75, 3.05) is 20.5 Å². The van der Waals surface area contributed by atoms with Crippen molar-refractivity contribution in [2.24, 2.45) is 0 Å². The molecule has 0 bridgehead atoms. The highest BCUT2D eigenvalue weighted by atomic mass is 32.2. The molecule has 0 spiro atoms. The van der Waals surface area contributed by atoms with Crippen LogP contribution in [-0.4, -0.2) is 40.2 Å². The van der Waals surface area contributed by atoms with Gasteiger partial charge in [-0.05, 0) is 29.6 Å². The number of thiophene rings is 1. The molecule has 4 aromatic rings. The molecular formula is C19H16N4O5S2. The molecule has 11 heteroatoms. The highest BCUT2D eigenvalue weighted by molar-refractivity contribution is 7.98. The van der Waals surface area contributed by atoms with Gasteiger partial charge in [-0.3, -0.25) is 9.36 Å². The summed E-state index contributed by atoms with van der Waals surface area (Å²) in [5, 5.41) is 6.51. The Morgan fingerprint density at radius 1 is 1.23 bits per heavy atom. The first kappa shape index (κ1) is 19.1. The number of fused-ring (bicyclic) bond motifs is 2. The SMILES string of the molecule is COCCn1c(SCc2nc(-c3ccc4c(c3)OCO4)no2)nc2ccsc2c1=O. The third-order valence-electron chi connectivity index (χ3n) is 4.47.